The zero-order valence-corrected chi connectivity index (χ0v) is 13.4. The lowest BCUT2D eigenvalue weighted by Gasteiger charge is -2.28. The summed E-state index contributed by atoms with van der Waals surface area (Å²) in [6.45, 7) is 6.76. The highest BCUT2D eigenvalue weighted by Crippen LogP contribution is 2.18. The number of aliphatic hydroxyl groups excluding tert-OH is 1. The van der Waals surface area contributed by atoms with E-state index in [4.69, 9.17) is 0 Å². The molecule has 1 aromatic carbocycles. The van der Waals surface area contributed by atoms with Crippen LogP contribution in [0.1, 0.15) is 33.6 Å². The molecule has 0 heterocycles. The van der Waals surface area contributed by atoms with E-state index in [0.717, 1.165) is 30.8 Å². The van der Waals surface area contributed by atoms with E-state index in [0.29, 0.717) is 0 Å². The fourth-order valence-corrected chi connectivity index (χ4v) is 2.17. The number of anilines is 2. The van der Waals surface area contributed by atoms with Crippen LogP contribution >= 0.6 is 0 Å². The molecule has 0 fully saturated rings. The van der Waals surface area contributed by atoms with Crippen molar-refractivity contribution in [2.45, 2.75) is 39.2 Å². The number of carbonyl (C=O) groups excluding carboxylic acids is 1. The molecule has 21 heavy (non-hydrogen) atoms. The van der Waals surface area contributed by atoms with Crippen LogP contribution in [-0.2, 0) is 0 Å². The molecule has 0 spiro atoms. The van der Waals surface area contributed by atoms with Gasteiger partial charge >= 0.3 is 6.03 Å². The van der Waals surface area contributed by atoms with Crippen LogP contribution in [0, 0.1) is 0 Å². The lowest BCUT2D eigenvalue weighted by atomic mass is 9.98. The first-order chi connectivity index (χ1) is 9.94. The van der Waals surface area contributed by atoms with Crippen molar-refractivity contribution in [2.75, 3.05) is 30.4 Å². The Kier molecular flexibility index (Phi) is 6.49. The molecule has 1 unspecified atom stereocenters. The molecule has 5 nitrogen and oxygen atoms in total. The van der Waals surface area contributed by atoms with Gasteiger partial charge in [0, 0.05) is 25.0 Å². The van der Waals surface area contributed by atoms with Gasteiger partial charge in [0.05, 0.1) is 12.1 Å². The molecule has 0 aliphatic carbocycles. The van der Waals surface area contributed by atoms with Crippen LogP contribution < -0.4 is 15.5 Å². The van der Waals surface area contributed by atoms with Crippen molar-refractivity contribution in [3.63, 3.8) is 0 Å². The molecule has 0 aliphatic rings. The van der Waals surface area contributed by atoms with Crippen molar-refractivity contribution >= 4 is 17.4 Å². The third-order valence-electron chi connectivity index (χ3n) is 3.59. The Balaban J connectivity index is 2.70. The summed E-state index contributed by atoms with van der Waals surface area (Å²) in [7, 11) is 2.00. The summed E-state index contributed by atoms with van der Waals surface area (Å²) in [6, 6.07) is 7.40. The molecule has 0 saturated carbocycles. The molecular weight excluding hydrogens is 266 g/mol. The molecule has 0 aliphatic heterocycles. The summed E-state index contributed by atoms with van der Waals surface area (Å²) in [6.07, 6.45) is 1.63. The van der Waals surface area contributed by atoms with Crippen LogP contribution in [0.15, 0.2) is 24.3 Å². The Labute approximate surface area is 127 Å². The van der Waals surface area contributed by atoms with Crippen molar-refractivity contribution < 1.29 is 9.90 Å². The van der Waals surface area contributed by atoms with Gasteiger partial charge < -0.3 is 20.6 Å². The van der Waals surface area contributed by atoms with Crippen LogP contribution in [0.25, 0.3) is 0 Å². The van der Waals surface area contributed by atoms with Crippen LogP contribution in [-0.4, -0.2) is 36.9 Å². The zero-order chi connectivity index (χ0) is 15.9. The first kappa shape index (κ1) is 17.3. The number of amides is 2. The zero-order valence-electron chi connectivity index (χ0n) is 13.4. The maximum Gasteiger partial charge on any atom is 0.319 e. The maximum absolute atomic E-state index is 12.1. The van der Waals surface area contributed by atoms with Gasteiger partial charge in [0.1, 0.15) is 0 Å². The predicted molar refractivity (Wildman–Crippen MR) is 87.9 cm³/mol. The van der Waals surface area contributed by atoms with Gasteiger partial charge in [0.2, 0.25) is 0 Å². The number of aliphatic hydroxyl groups is 1. The largest absolute Gasteiger partial charge is 0.394 e. The minimum Gasteiger partial charge on any atom is -0.394 e. The van der Waals surface area contributed by atoms with E-state index in [1.807, 2.05) is 45.2 Å². The smallest absolute Gasteiger partial charge is 0.319 e. The summed E-state index contributed by atoms with van der Waals surface area (Å²) >= 11 is 0. The molecule has 1 aromatic rings. The normalized spacial score (nSPS) is 13.4. The molecule has 2 amide bonds. The number of nitrogens with one attached hydrogen (secondary N) is 2. The lowest BCUT2D eigenvalue weighted by molar-refractivity contribution is 0.167. The van der Waals surface area contributed by atoms with Gasteiger partial charge in [-0.05, 0) is 38.5 Å². The predicted octanol–water partition coefficient (Wildman–Crippen LogP) is 2.82. The van der Waals surface area contributed by atoms with E-state index in [1.54, 1.807) is 0 Å². The second-order valence-corrected chi connectivity index (χ2v) is 5.61. The van der Waals surface area contributed by atoms with Crippen molar-refractivity contribution in [3.05, 3.63) is 24.3 Å². The highest BCUT2D eigenvalue weighted by Gasteiger charge is 2.24. The summed E-state index contributed by atoms with van der Waals surface area (Å²) < 4.78 is 0. The quantitative estimate of drug-likeness (QED) is 0.724. The fraction of sp³-hybridized carbons (Fsp3) is 0.562. The number of urea groups is 1. The van der Waals surface area contributed by atoms with E-state index in [2.05, 4.69) is 22.5 Å². The topological polar surface area (TPSA) is 64.6 Å². The molecule has 0 bridgehead atoms. The summed E-state index contributed by atoms with van der Waals surface area (Å²) in [4.78, 5) is 14.2. The number of benzene rings is 1. The van der Waals surface area contributed by atoms with Crippen molar-refractivity contribution in [1.82, 2.24) is 5.32 Å². The summed E-state index contributed by atoms with van der Waals surface area (Å²) in [5, 5.41) is 15.1. The van der Waals surface area contributed by atoms with Gasteiger partial charge in [-0.15, -0.1) is 0 Å². The SMILES string of the molecule is CCCC(C)(CO)NC(=O)Nc1cccc(N(C)CC)c1. The number of carbonyl (C=O) groups is 1. The third kappa shape index (κ3) is 5.27. The standard InChI is InChI=1S/C16H27N3O2/c1-5-10-16(3,12-20)18-15(21)17-13-8-7-9-14(11-13)19(4)6-2/h7-9,11,20H,5-6,10,12H2,1-4H3,(H2,17,18,21). The number of hydrogen-bond acceptors (Lipinski definition) is 3. The van der Waals surface area contributed by atoms with Crippen molar-refractivity contribution in [1.29, 1.82) is 0 Å². The fourth-order valence-electron chi connectivity index (χ4n) is 2.17. The molecule has 5 heteroatoms. The Morgan fingerprint density at radius 1 is 1.38 bits per heavy atom. The first-order valence-electron chi connectivity index (χ1n) is 7.45. The molecule has 1 atom stereocenters. The minimum absolute atomic E-state index is 0.0765. The molecule has 0 saturated heterocycles. The highest BCUT2D eigenvalue weighted by atomic mass is 16.3. The summed E-state index contributed by atoms with van der Waals surface area (Å²) in [5.41, 5.74) is 1.20. The average molecular weight is 293 g/mol. The number of nitrogens with zero attached hydrogens (tertiary/aromatic N) is 1. The number of hydrogen-bond donors (Lipinski definition) is 3. The third-order valence-corrected chi connectivity index (χ3v) is 3.59. The maximum atomic E-state index is 12.1. The van der Waals surface area contributed by atoms with Gasteiger partial charge in [-0.25, -0.2) is 4.79 Å². The minimum atomic E-state index is -0.587. The van der Waals surface area contributed by atoms with Crippen LogP contribution in [0.2, 0.25) is 0 Å². The van der Waals surface area contributed by atoms with Gasteiger partial charge in [-0.2, -0.15) is 0 Å². The Hall–Kier alpha value is -1.75. The average Bonchev–Trinajstić information content (AvgIpc) is 2.46. The summed E-state index contributed by atoms with van der Waals surface area (Å²) in [5.74, 6) is 0. The Morgan fingerprint density at radius 2 is 2.10 bits per heavy atom. The van der Waals surface area contributed by atoms with Gasteiger partial charge in [-0.1, -0.05) is 19.4 Å². The second kappa shape index (κ2) is 7.88. The van der Waals surface area contributed by atoms with E-state index in [-0.39, 0.29) is 12.6 Å². The van der Waals surface area contributed by atoms with Gasteiger partial charge in [-0.3, -0.25) is 0 Å². The Bertz CT molecular complexity index is 465. The molecule has 118 valence electrons. The lowest BCUT2D eigenvalue weighted by Crippen LogP contribution is -2.50. The monoisotopic (exact) mass is 293 g/mol. The Morgan fingerprint density at radius 3 is 2.67 bits per heavy atom. The van der Waals surface area contributed by atoms with Crippen LogP contribution in [0.5, 0.6) is 0 Å². The number of rotatable bonds is 7. The molecular formula is C16H27N3O2. The first-order valence-corrected chi connectivity index (χ1v) is 7.45. The van der Waals surface area contributed by atoms with Crippen LogP contribution in [0.4, 0.5) is 16.2 Å². The van der Waals surface area contributed by atoms with Gasteiger partial charge in [0.25, 0.3) is 0 Å². The molecule has 0 aromatic heterocycles. The molecule has 3 N–H and O–H groups in total. The molecule has 0 radical (unpaired) electrons. The van der Waals surface area contributed by atoms with E-state index < -0.39 is 5.54 Å². The van der Waals surface area contributed by atoms with Crippen molar-refractivity contribution in [2.24, 2.45) is 0 Å². The van der Waals surface area contributed by atoms with Crippen LogP contribution in [0.3, 0.4) is 0 Å². The second-order valence-electron chi connectivity index (χ2n) is 5.61. The van der Waals surface area contributed by atoms with Crippen molar-refractivity contribution in [3.8, 4) is 0 Å². The van der Waals surface area contributed by atoms with E-state index in [9.17, 15) is 9.90 Å². The van der Waals surface area contributed by atoms with E-state index >= 15 is 0 Å². The van der Waals surface area contributed by atoms with Gasteiger partial charge in [0.15, 0.2) is 0 Å². The molecule has 1 rings (SSSR count). The highest BCUT2D eigenvalue weighted by molar-refractivity contribution is 5.90. The van der Waals surface area contributed by atoms with E-state index in [1.165, 1.54) is 0 Å².